The molecule has 1 heterocycles. The fraction of sp³-hybridized carbons (Fsp3) is 0.529. The molecule has 0 aromatic heterocycles. The number of halogens is 1. The lowest BCUT2D eigenvalue weighted by molar-refractivity contribution is -0.147. The second-order valence-electron chi connectivity index (χ2n) is 6.24. The molecule has 0 bridgehead atoms. The smallest absolute Gasteiger partial charge is 0.317 e. The molecule has 8 heteroatoms. The molecule has 1 aliphatic heterocycles. The Morgan fingerprint density at radius 2 is 2.16 bits per heavy atom. The zero-order chi connectivity index (χ0) is 18.6. The minimum Gasteiger partial charge on any atom is -0.493 e. The van der Waals surface area contributed by atoms with Crippen LogP contribution in [0.15, 0.2) is 12.1 Å². The molecule has 1 saturated heterocycles. The van der Waals surface area contributed by atoms with E-state index < -0.39 is 11.4 Å². The monoisotopic (exact) mass is 370 g/mol. The number of ether oxygens (including phenoxy) is 2. The van der Waals surface area contributed by atoms with Crippen molar-refractivity contribution in [1.29, 1.82) is 0 Å². The average Bonchev–Trinajstić information content (AvgIpc) is 2.98. The van der Waals surface area contributed by atoms with Crippen molar-refractivity contribution in [3.05, 3.63) is 22.7 Å². The van der Waals surface area contributed by atoms with Gasteiger partial charge in [0, 0.05) is 19.6 Å². The summed E-state index contributed by atoms with van der Waals surface area (Å²) in [5.41, 5.74) is -0.123. The summed E-state index contributed by atoms with van der Waals surface area (Å²) in [4.78, 5) is 25.1. The van der Waals surface area contributed by atoms with Crippen LogP contribution in [0.5, 0.6) is 11.5 Å². The number of urea groups is 1. The maximum Gasteiger partial charge on any atom is 0.317 e. The van der Waals surface area contributed by atoms with E-state index in [0.717, 1.165) is 5.56 Å². The van der Waals surface area contributed by atoms with Gasteiger partial charge in [-0.15, -0.1) is 0 Å². The Bertz CT molecular complexity index is 667. The number of hydrogen-bond donors (Lipinski definition) is 2. The van der Waals surface area contributed by atoms with Crippen LogP contribution in [0.4, 0.5) is 4.79 Å². The van der Waals surface area contributed by atoms with E-state index in [9.17, 15) is 14.7 Å². The summed E-state index contributed by atoms with van der Waals surface area (Å²) in [6, 6.07) is 3.16. The van der Waals surface area contributed by atoms with Gasteiger partial charge in [0.15, 0.2) is 11.5 Å². The summed E-state index contributed by atoms with van der Waals surface area (Å²) in [5, 5.41) is 12.4. The van der Waals surface area contributed by atoms with Gasteiger partial charge in [-0.05, 0) is 38.0 Å². The number of aliphatic carboxylic acids is 1. The Hall–Kier alpha value is -2.15. The molecule has 1 aromatic carbocycles. The molecule has 1 atom stereocenters. The lowest BCUT2D eigenvalue weighted by Gasteiger charge is -2.21. The van der Waals surface area contributed by atoms with Crippen molar-refractivity contribution in [3.8, 4) is 11.5 Å². The van der Waals surface area contributed by atoms with Gasteiger partial charge < -0.3 is 24.8 Å². The SMILES string of the molecule is CCOc1c(Cl)cc(CNC(=O)N2CCC(C)(C(=O)O)C2)cc1OC. The molecule has 25 heavy (non-hydrogen) atoms. The molecule has 7 nitrogen and oxygen atoms in total. The van der Waals surface area contributed by atoms with Crippen molar-refractivity contribution >= 4 is 23.6 Å². The molecule has 0 saturated carbocycles. The van der Waals surface area contributed by atoms with Gasteiger partial charge in [0.25, 0.3) is 0 Å². The van der Waals surface area contributed by atoms with Gasteiger partial charge in [-0.2, -0.15) is 0 Å². The standard InChI is InChI=1S/C17H23ClN2O5/c1-4-25-14-12(18)7-11(8-13(14)24-3)9-19-16(23)20-6-5-17(2,10-20)15(21)22/h7-8H,4-6,9-10H2,1-3H3,(H,19,23)(H,21,22). The first-order valence-corrected chi connectivity index (χ1v) is 8.44. The molecule has 2 N–H and O–H groups in total. The largest absolute Gasteiger partial charge is 0.493 e. The number of rotatable bonds is 6. The first kappa shape index (κ1) is 19.2. The maximum atomic E-state index is 12.3. The molecule has 1 unspecified atom stereocenters. The Morgan fingerprint density at radius 1 is 1.44 bits per heavy atom. The van der Waals surface area contributed by atoms with E-state index >= 15 is 0 Å². The van der Waals surface area contributed by atoms with E-state index in [1.807, 2.05) is 6.92 Å². The second-order valence-corrected chi connectivity index (χ2v) is 6.65. The van der Waals surface area contributed by atoms with E-state index in [4.69, 9.17) is 21.1 Å². The van der Waals surface area contributed by atoms with Crippen molar-refractivity contribution in [2.24, 2.45) is 5.41 Å². The summed E-state index contributed by atoms with van der Waals surface area (Å²) in [6.45, 7) is 4.83. The molecule has 1 aliphatic rings. The van der Waals surface area contributed by atoms with Gasteiger partial charge in [0.1, 0.15) is 0 Å². The maximum absolute atomic E-state index is 12.3. The summed E-state index contributed by atoms with van der Waals surface area (Å²) in [5.74, 6) is 0.0857. The molecular formula is C17H23ClN2O5. The van der Waals surface area contributed by atoms with Crippen molar-refractivity contribution in [2.75, 3.05) is 26.8 Å². The Morgan fingerprint density at radius 3 is 2.72 bits per heavy atom. The van der Waals surface area contributed by atoms with Crippen molar-refractivity contribution in [1.82, 2.24) is 10.2 Å². The summed E-state index contributed by atoms with van der Waals surface area (Å²) < 4.78 is 10.7. The summed E-state index contributed by atoms with van der Waals surface area (Å²) in [6.07, 6.45) is 0.443. The number of hydrogen-bond acceptors (Lipinski definition) is 4. The predicted molar refractivity (Wildman–Crippen MR) is 93.3 cm³/mol. The highest BCUT2D eigenvalue weighted by molar-refractivity contribution is 6.32. The third kappa shape index (κ3) is 4.28. The second kappa shape index (κ2) is 7.82. The van der Waals surface area contributed by atoms with Crippen LogP contribution in [0, 0.1) is 5.41 Å². The average molecular weight is 371 g/mol. The van der Waals surface area contributed by atoms with Gasteiger partial charge >= 0.3 is 12.0 Å². The molecule has 2 rings (SSSR count). The third-order valence-electron chi connectivity index (χ3n) is 4.30. The molecule has 0 aliphatic carbocycles. The van der Waals surface area contributed by atoms with Gasteiger partial charge in [-0.1, -0.05) is 11.6 Å². The molecule has 1 aromatic rings. The van der Waals surface area contributed by atoms with Crippen LogP contribution >= 0.6 is 11.6 Å². The Kier molecular flexibility index (Phi) is 6.00. The highest BCUT2D eigenvalue weighted by Gasteiger charge is 2.42. The molecule has 2 amide bonds. The fourth-order valence-corrected chi connectivity index (χ4v) is 3.05. The van der Waals surface area contributed by atoms with E-state index in [0.29, 0.717) is 36.1 Å². The minimum absolute atomic E-state index is 0.196. The van der Waals surface area contributed by atoms with Gasteiger partial charge in [-0.25, -0.2) is 4.79 Å². The van der Waals surface area contributed by atoms with Crippen molar-refractivity contribution in [3.63, 3.8) is 0 Å². The first-order valence-electron chi connectivity index (χ1n) is 8.06. The summed E-state index contributed by atoms with van der Waals surface area (Å²) >= 11 is 6.21. The molecule has 0 radical (unpaired) electrons. The number of amides is 2. The highest BCUT2D eigenvalue weighted by atomic mass is 35.5. The lowest BCUT2D eigenvalue weighted by atomic mass is 9.90. The highest BCUT2D eigenvalue weighted by Crippen LogP contribution is 2.36. The third-order valence-corrected chi connectivity index (χ3v) is 4.58. The van der Waals surface area contributed by atoms with E-state index in [-0.39, 0.29) is 19.1 Å². The minimum atomic E-state index is -0.886. The van der Waals surface area contributed by atoms with Crippen LogP contribution < -0.4 is 14.8 Å². The molecule has 1 fully saturated rings. The number of carboxylic acid groups (broad SMARTS) is 1. The first-order chi connectivity index (χ1) is 11.8. The zero-order valence-electron chi connectivity index (χ0n) is 14.6. The number of carboxylic acids is 1. The number of nitrogens with zero attached hydrogens (tertiary/aromatic N) is 1. The Balaban J connectivity index is 2.01. The van der Waals surface area contributed by atoms with Crippen LogP contribution in [-0.4, -0.2) is 48.8 Å². The van der Waals surface area contributed by atoms with Gasteiger partial charge in [0.05, 0.1) is 24.2 Å². The number of likely N-dealkylation sites (tertiary alicyclic amines) is 1. The predicted octanol–water partition coefficient (Wildman–Crippen LogP) is 2.75. The molecular weight excluding hydrogens is 348 g/mol. The molecule has 0 spiro atoms. The fourth-order valence-electron chi connectivity index (χ4n) is 2.76. The van der Waals surface area contributed by atoms with Gasteiger partial charge in [-0.3, -0.25) is 4.79 Å². The van der Waals surface area contributed by atoms with Crippen LogP contribution in [-0.2, 0) is 11.3 Å². The summed E-state index contributed by atoms with van der Waals surface area (Å²) in [7, 11) is 1.52. The van der Waals surface area contributed by atoms with E-state index in [1.165, 1.54) is 12.0 Å². The lowest BCUT2D eigenvalue weighted by Crippen LogP contribution is -2.40. The zero-order valence-corrected chi connectivity index (χ0v) is 15.4. The quantitative estimate of drug-likeness (QED) is 0.803. The van der Waals surface area contributed by atoms with Crippen LogP contribution in [0.3, 0.4) is 0 Å². The van der Waals surface area contributed by atoms with Crippen molar-refractivity contribution < 1.29 is 24.2 Å². The number of benzene rings is 1. The van der Waals surface area contributed by atoms with Crippen molar-refractivity contribution in [2.45, 2.75) is 26.8 Å². The van der Waals surface area contributed by atoms with E-state index in [2.05, 4.69) is 5.32 Å². The molecule has 138 valence electrons. The topological polar surface area (TPSA) is 88.1 Å². The van der Waals surface area contributed by atoms with Gasteiger partial charge in [0.2, 0.25) is 0 Å². The van der Waals surface area contributed by atoms with Crippen LogP contribution in [0.25, 0.3) is 0 Å². The van der Waals surface area contributed by atoms with Crippen LogP contribution in [0.1, 0.15) is 25.8 Å². The Labute approximate surface area is 151 Å². The normalized spacial score (nSPS) is 19.6. The van der Waals surface area contributed by atoms with E-state index in [1.54, 1.807) is 19.1 Å². The number of nitrogens with one attached hydrogen (secondary N) is 1. The van der Waals surface area contributed by atoms with Crippen LogP contribution in [0.2, 0.25) is 5.02 Å². The number of methoxy groups -OCH3 is 1. The number of carbonyl (C=O) groups excluding carboxylic acids is 1. The number of carbonyl (C=O) groups is 2.